The number of hydrogen-bond donors (Lipinski definition) is 1. The number of nitrogens with zero attached hydrogens (tertiary/aromatic N) is 2. The van der Waals surface area contributed by atoms with Crippen molar-refractivity contribution in [1.82, 2.24) is 15.1 Å². The van der Waals surface area contributed by atoms with E-state index in [1.165, 1.54) is 12.2 Å². The van der Waals surface area contributed by atoms with Gasteiger partial charge in [0.25, 0.3) is 0 Å². The second-order valence-corrected chi connectivity index (χ2v) is 6.04. The van der Waals surface area contributed by atoms with Gasteiger partial charge >= 0.3 is 0 Å². The molecule has 3 aromatic rings. The van der Waals surface area contributed by atoms with Gasteiger partial charge in [0, 0.05) is 23.9 Å². The summed E-state index contributed by atoms with van der Waals surface area (Å²) in [4.78, 5) is 11.9. The normalized spacial score (nSPS) is 11.3. The molecule has 0 aliphatic rings. The summed E-state index contributed by atoms with van der Waals surface area (Å²) in [6, 6.07) is 6.77. The van der Waals surface area contributed by atoms with E-state index in [0.717, 1.165) is 40.9 Å². The Balaban J connectivity index is 1.58. The predicted molar refractivity (Wildman–Crippen MR) is 97.8 cm³/mol. The summed E-state index contributed by atoms with van der Waals surface area (Å²) >= 11 is 0. The second kappa shape index (κ2) is 7.99. The Morgan fingerprint density at radius 3 is 2.85 bits per heavy atom. The van der Waals surface area contributed by atoms with Gasteiger partial charge in [0.05, 0.1) is 24.1 Å². The third kappa shape index (κ3) is 4.31. The second-order valence-electron chi connectivity index (χ2n) is 6.04. The fraction of sp³-hybridized carbons (Fsp3) is 0.200. The highest BCUT2D eigenvalue weighted by atomic mass is 19.1. The minimum absolute atomic E-state index is 0.0202. The maximum absolute atomic E-state index is 13.5. The first-order chi connectivity index (χ1) is 13.0. The Bertz CT molecular complexity index is 976. The molecule has 2 heterocycles. The molecule has 0 atom stereocenters. The third-order valence-corrected chi connectivity index (χ3v) is 4.14. The summed E-state index contributed by atoms with van der Waals surface area (Å²) < 4.78 is 33.9. The lowest BCUT2D eigenvalue weighted by molar-refractivity contribution is -0.116. The summed E-state index contributed by atoms with van der Waals surface area (Å²) in [6.07, 6.45) is 4.03. The van der Waals surface area contributed by atoms with Crippen molar-refractivity contribution < 1.29 is 18.0 Å². The highest BCUT2D eigenvalue weighted by molar-refractivity contribution is 5.91. The molecule has 0 saturated heterocycles. The quantitative estimate of drug-likeness (QED) is 0.669. The number of halogens is 2. The molecule has 0 radical (unpaired) electrons. The van der Waals surface area contributed by atoms with Crippen LogP contribution < -0.4 is 5.32 Å². The Labute approximate surface area is 155 Å². The zero-order chi connectivity index (χ0) is 19.4. The number of aryl methyl sites for hydroxylation is 1. The lowest BCUT2D eigenvalue weighted by Gasteiger charge is -2.06. The molecule has 0 aliphatic heterocycles. The summed E-state index contributed by atoms with van der Waals surface area (Å²) in [5.74, 6) is -0.798. The molecule has 0 spiro atoms. The zero-order valence-electron chi connectivity index (χ0n) is 15.0. The molecular formula is C20H19F2N3O2. The average Bonchev–Trinajstić information content (AvgIpc) is 3.24. The van der Waals surface area contributed by atoms with Crippen LogP contribution in [0.2, 0.25) is 0 Å². The monoisotopic (exact) mass is 371 g/mol. The summed E-state index contributed by atoms with van der Waals surface area (Å²) in [7, 11) is 0. The molecule has 0 fully saturated rings. The molecule has 7 heteroatoms. The molecule has 0 unspecified atom stereocenters. The number of furan rings is 1. The van der Waals surface area contributed by atoms with E-state index < -0.39 is 17.5 Å². The van der Waals surface area contributed by atoms with Crippen LogP contribution in [0.3, 0.4) is 0 Å². The van der Waals surface area contributed by atoms with E-state index in [4.69, 9.17) is 4.42 Å². The maximum Gasteiger partial charge on any atom is 0.244 e. The smallest absolute Gasteiger partial charge is 0.244 e. The van der Waals surface area contributed by atoms with Crippen molar-refractivity contribution in [2.24, 2.45) is 0 Å². The standard InChI is InChI=1S/C20H19F2N3O2/c1-13-20(18-4-3-11-27-18)14(2)25(24-13)10-9-23-19(26)8-5-15-12-16(21)6-7-17(15)22/h3-8,11-12H,9-10H2,1-2H3,(H,23,26). The van der Waals surface area contributed by atoms with Crippen molar-refractivity contribution in [1.29, 1.82) is 0 Å². The molecule has 3 rings (SSSR count). The largest absolute Gasteiger partial charge is 0.464 e. The van der Waals surface area contributed by atoms with Crippen LogP contribution >= 0.6 is 0 Å². The minimum atomic E-state index is -0.589. The van der Waals surface area contributed by atoms with E-state index in [1.54, 1.807) is 10.9 Å². The zero-order valence-corrected chi connectivity index (χ0v) is 15.0. The lowest BCUT2D eigenvalue weighted by Crippen LogP contribution is -2.26. The predicted octanol–water partition coefficient (Wildman–Crippen LogP) is 3.87. The molecular weight excluding hydrogens is 352 g/mol. The Morgan fingerprint density at radius 1 is 1.30 bits per heavy atom. The van der Waals surface area contributed by atoms with E-state index in [9.17, 15) is 13.6 Å². The van der Waals surface area contributed by atoms with E-state index in [0.29, 0.717) is 13.1 Å². The fourth-order valence-electron chi connectivity index (χ4n) is 2.84. The first-order valence-corrected chi connectivity index (χ1v) is 8.44. The van der Waals surface area contributed by atoms with Crippen molar-refractivity contribution in [3.8, 4) is 11.3 Å². The Kier molecular flexibility index (Phi) is 5.49. The van der Waals surface area contributed by atoms with Crippen LogP contribution in [0.1, 0.15) is 17.0 Å². The van der Waals surface area contributed by atoms with Gasteiger partial charge in [-0.1, -0.05) is 0 Å². The summed E-state index contributed by atoms with van der Waals surface area (Å²) in [6.45, 7) is 4.65. The first-order valence-electron chi connectivity index (χ1n) is 8.44. The van der Waals surface area contributed by atoms with E-state index in [2.05, 4.69) is 10.4 Å². The van der Waals surface area contributed by atoms with Crippen molar-refractivity contribution in [2.45, 2.75) is 20.4 Å². The molecule has 1 amide bonds. The number of aromatic nitrogens is 2. The Hall–Kier alpha value is -3.22. The van der Waals surface area contributed by atoms with Gasteiger partial charge in [0.1, 0.15) is 17.4 Å². The maximum atomic E-state index is 13.5. The van der Waals surface area contributed by atoms with Gasteiger partial charge in [-0.2, -0.15) is 5.10 Å². The minimum Gasteiger partial charge on any atom is -0.464 e. The molecule has 140 valence electrons. The van der Waals surface area contributed by atoms with Gasteiger partial charge in [0.15, 0.2) is 0 Å². The average molecular weight is 371 g/mol. The Morgan fingerprint density at radius 2 is 2.11 bits per heavy atom. The van der Waals surface area contributed by atoms with Crippen LogP contribution in [0.15, 0.2) is 47.1 Å². The molecule has 2 aromatic heterocycles. The number of carbonyl (C=O) groups is 1. The topological polar surface area (TPSA) is 60.1 Å². The van der Waals surface area contributed by atoms with Crippen LogP contribution in [0, 0.1) is 25.5 Å². The van der Waals surface area contributed by atoms with Gasteiger partial charge in [-0.25, -0.2) is 8.78 Å². The van der Waals surface area contributed by atoms with E-state index in [1.807, 2.05) is 26.0 Å². The number of hydrogen-bond acceptors (Lipinski definition) is 3. The van der Waals surface area contributed by atoms with Crippen LogP contribution in [-0.2, 0) is 11.3 Å². The number of carbonyl (C=O) groups excluding carboxylic acids is 1. The molecule has 1 N–H and O–H groups in total. The number of rotatable bonds is 6. The van der Waals surface area contributed by atoms with Gasteiger partial charge in [0.2, 0.25) is 5.91 Å². The van der Waals surface area contributed by atoms with Crippen LogP contribution in [0.5, 0.6) is 0 Å². The molecule has 1 aromatic carbocycles. The fourth-order valence-corrected chi connectivity index (χ4v) is 2.84. The molecule has 0 saturated carbocycles. The van der Waals surface area contributed by atoms with E-state index in [-0.39, 0.29) is 5.56 Å². The molecule has 5 nitrogen and oxygen atoms in total. The van der Waals surface area contributed by atoms with Gasteiger partial charge in [-0.3, -0.25) is 9.48 Å². The third-order valence-electron chi connectivity index (χ3n) is 4.14. The summed E-state index contributed by atoms with van der Waals surface area (Å²) in [5, 5.41) is 7.17. The van der Waals surface area contributed by atoms with Gasteiger partial charge in [-0.05, 0) is 50.3 Å². The van der Waals surface area contributed by atoms with Gasteiger partial charge < -0.3 is 9.73 Å². The molecule has 0 bridgehead atoms. The SMILES string of the molecule is Cc1nn(CCNC(=O)C=Cc2cc(F)ccc2F)c(C)c1-c1ccco1. The lowest BCUT2D eigenvalue weighted by atomic mass is 10.1. The van der Waals surface area contributed by atoms with Crippen molar-refractivity contribution in [3.63, 3.8) is 0 Å². The molecule has 27 heavy (non-hydrogen) atoms. The first kappa shape index (κ1) is 18.6. The van der Waals surface area contributed by atoms with Crippen molar-refractivity contribution in [3.05, 3.63) is 71.3 Å². The van der Waals surface area contributed by atoms with Crippen molar-refractivity contribution in [2.75, 3.05) is 6.54 Å². The number of amides is 1. The van der Waals surface area contributed by atoms with Gasteiger partial charge in [-0.15, -0.1) is 0 Å². The van der Waals surface area contributed by atoms with Crippen molar-refractivity contribution >= 4 is 12.0 Å². The molecule has 0 aliphatic carbocycles. The number of nitrogens with one attached hydrogen (secondary N) is 1. The highest BCUT2D eigenvalue weighted by Crippen LogP contribution is 2.26. The highest BCUT2D eigenvalue weighted by Gasteiger charge is 2.15. The van der Waals surface area contributed by atoms with E-state index >= 15 is 0 Å². The van der Waals surface area contributed by atoms with Crippen LogP contribution in [0.25, 0.3) is 17.4 Å². The summed E-state index contributed by atoms with van der Waals surface area (Å²) in [5.41, 5.74) is 2.74. The number of benzene rings is 1. The van der Waals surface area contributed by atoms with Crippen LogP contribution in [0.4, 0.5) is 8.78 Å². The van der Waals surface area contributed by atoms with Crippen LogP contribution in [-0.4, -0.2) is 22.2 Å².